The maximum atomic E-state index is 4.36. The zero-order chi connectivity index (χ0) is 9.97. The lowest BCUT2D eigenvalue weighted by Gasteiger charge is -1.99. The summed E-state index contributed by atoms with van der Waals surface area (Å²) in [6.45, 7) is 4.86. The lowest BCUT2D eigenvalue weighted by atomic mass is 10.4. The Morgan fingerprint density at radius 3 is 2.86 bits per heavy atom. The Morgan fingerprint density at radius 1 is 1.43 bits per heavy atom. The second-order valence-electron chi connectivity index (χ2n) is 2.88. The summed E-state index contributed by atoms with van der Waals surface area (Å²) in [7, 11) is 0. The monoisotopic (exact) mass is 226 g/mol. The minimum atomic E-state index is 0.807. The molecule has 0 aliphatic carbocycles. The van der Waals surface area contributed by atoms with Gasteiger partial charge in [0, 0.05) is 16.4 Å². The maximum Gasteiger partial charge on any atom is 0.130 e. The number of thiazole rings is 1. The van der Waals surface area contributed by atoms with Gasteiger partial charge in [0.25, 0.3) is 0 Å². The predicted molar refractivity (Wildman–Crippen MR) is 58.8 cm³/mol. The lowest BCUT2D eigenvalue weighted by molar-refractivity contribution is 1.11. The molecule has 6 heteroatoms. The minimum absolute atomic E-state index is 0.807. The van der Waals surface area contributed by atoms with Gasteiger partial charge in [-0.05, 0) is 13.8 Å². The van der Waals surface area contributed by atoms with Crippen molar-refractivity contribution in [1.29, 1.82) is 0 Å². The molecular weight excluding hydrogens is 216 g/mol. The third-order valence-corrected chi connectivity index (χ3v) is 3.48. The second-order valence-corrected chi connectivity index (χ2v) is 4.95. The molecule has 14 heavy (non-hydrogen) atoms. The number of anilines is 1. The number of nitrogens with zero attached hydrogens (tertiary/aromatic N) is 3. The first kappa shape index (κ1) is 9.54. The fourth-order valence-corrected chi connectivity index (χ4v) is 2.44. The Hall–Kier alpha value is -1.01. The average Bonchev–Trinajstić information content (AvgIpc) is 2.72. The third-order valence-electron chi connectivity index (χ3n) is 1.78. The number of aromatic nitrogens is 3. The second kappa shape index (κ2) is 4.02. The van der Waals surface area contributed by atoms with Gasteiger partial charge in [0.1, 0.15) is 5.00 Å². The first-order valence-corrected chi connectivity index (χ1v) is 5.79. The molecule has 2 aromatic rings. The SMILES string of the molecule is Cc1nc(C)c(CNc2cnns2)s1. The molecule has 0 fully saturated rings. The third kappa shape index (κ3) is 2.08. The Labute approximate surface area is 90.2 Å². The van der Waals surface area contributed by atoms with Gasteiger partial charge in [0.15, 0.2) is 0 Å². The van der Waals surface area contributed by atoms with Crippen LogP contribution in [0.25, 0.3) is 0 Å². The van der Waals surface area contributed by atoms with Gasteiger partial charge in [0.2, 0.25) is 0 Å². The van der Waals surface area contributed by atoms with Crippen LogP contribution in [0.1, 0.15) is 15.6 Å². The molecule has 0 bridgehead atoms. The molecule has 2 aromatic heterocycles. The predicted octanol–water partition coefficient (Wildman–Crippen LogP) is 2.22. The van der Waals surface area contributed by atoms with Crippen molar-refractivity contribution in [2.45, 2.75) is 20.4 Å². The highest BCUT2D eigenvalue weighted by Gasteiger charge is 2.04. The quantitative estimate of drug-likeness (QED) is 0.872. The number of nitrogens with one attached hydrogen (secondary N) is 1. The van der Waals surface area contributed by atoms with Crippen molar-refractivity contribution in [2.24, 2.45) is 0 Å². The van der Waals surface area contributed by atoms with Gasteiger partial charge in [-0.25, -0.2) is 4.98 Å². The van der Waals surface area contributed by atoms with Crippen LogP contribution in [-0.4, -0.2) is 14.6 Å². The van der Waals surface area contributed by atoms with E-state index in [0.29, 0.717) is 0 Å². The van der Waals surface area contributed by atoms with Gasteiger partial charge in [-0.15, -0.1) is 16.4 Å². The molecule has 0 saturated heterocycles. The van der Waals surface area contributed by atoms with E-state index >= 15 is 0 Å². The normalized spacial score (nSPS) is 10.4. The van der Waals surface area contributed by atoms with Crippen molar-refractivity contribution in [3.63, 3.8) is 0 Å². The Balaban J connectivity index is 2.01. The van der Waals surface area contributed by atoms with Crippen molar-refractivity contribution in [2.75, 3.05) is 5.32 Å². The summed E-state index contributed by atoms with van der Waals surface area (Å²) < 4.78 is 3.78. The molecule has 0 aliphatic rings. The summed E-state index contributed by atoms with van der Waals surface area (Å²) in [6.07, 6.45) is 1.73. The first-order chi connectivity index (χ1) is 6.75. The van der Waals surface area contributed by atoms with Gasteiger partial charge < -0.3 is 5.32 Å². The number of aryl methyl sites for hydroxylation is 2. The van der Waals surface area contributed by atoms with Crippen LogP contribution >= 0.6 is 22.9 Å². The van der Waals surface area contributed by atoms with Gasteiger partial charge >= 0.3 is 0 Å². The molecule has 0 unspecified atom stereocenters. The molecule has 2 rings (SSSR count). The number of hydrogen-bond acceptors (Lipinski definition) is 6. The van der Waals surface area contributed by atoms with E-state index in [9.17, 15) is 0 Å². The van der Waals surface area contributed by atoms with Crippen LogP contribution in [0.4, 0.5) is 5.00 Å². The Kier molecular flexibility index (Phi) is 2.74. The maximum absolute atomic E-state index is 4.36. The van der Waals surface area contributed by atoms with Crippen LogP contribution < -0.4 is 5.32 Å². The fourth-order valence-electron chi connectivity index (χ4n) is 1.15. The lowest BCUT2D eigenvalue weighted by Crippen LogP contribution is -1.96. The smallest absolute Gasteiger partial charge is 0.130 e. The molecule has 0 amide bonds. The molecule has 74 valence electrons. The Morgan fingerprint density at radius 2 is 2.29 bits per heavy atom. The van der Waals surface area contributed by atoms with E-state index in [0.717, 1.165) is 22.2 Å². The molecule has 0 aromatic carbocycles. The molecular formula is C8H10N4S2. The highest BCUT2D eigenvalue weighted by molar-refractivity contribution is 7.11. The summed E-state index contributed by atoms with van der Waals surface area (Å²) in [5, 5.41) is 9.12. The molecule has 2 heterocycles. The molecule has 0 saturated carbocycles. The van der Waals surface area contributed by atoms with Crippen LogP contribution in [0, 0.1) is 13.8 Å². The zero-order valence-corrected chi connectivity index (χ0v) is 9.58. The summed E-state index contributed by atoms with van der Waals surface area (Å²) in [6, 6.07) is 0. The van der Waals surface area contributed by atoms with Crippen molar-refractivity contribution in [3.05, 3.63) is 21.8 Å². The summed E-state index contributed by atoms with van der Waals surface area (Å²) in [5.41, 5.74) is 1.11. The molecule has 0 aliphatic heterocycles. The van der Waals surface area contributed by atoms with Gasteiger partial charge in [-0.2, -0.15) is 0 Å². The van der Waals surface area contributed by atoms with E-state index in [2.05, 4.69) is 19.9 Å². The summed E-state index contributed by atoms with van der Waals surface area (Å²) in [4.78, 5) is 5.64. The molecule has 0 atom stereocenters. The average molecular weight is 226 g/mol. The zero-order valence-electron chi connectivity index (χ0n) is 7.94. The fraction of sp³-hybridized carbons (Fsp3) is 0.375. The van der Waals surface area contributed by atoms with E-state index in [1.165, 1.54) is 16.4 Å². The van der Waals surface area contributed by atoms with Crippen LogP contribution in [0.2, 0.25) is 0 Å². The van der Waals surface area contributed by atoms with Gasteiger partial charge in [-0.1, -0.05) is 4.49 Å². The highest BCUT2D eigenvalue weighted by Crippen LogP contribution is 2.19. The molecule has 4 nitrogen and oxygen atoms in total. The van der Waals surface area contributed by atoms with E-state index in [4.69, 9.17) is 0 Å². The minimum Gasteiger partial charge on any atom is -0.369 e. The standard InChI is InChI=1S/C8H10N4S2/c1-5-7(13-6(2)11-5)3-9-8-4-10-12-14-8/h4,9H,3H2,1-2H3. The molecule has 0 radical (unpaired) electrons. The van der Waals surface area contributed by atoms with E-state index in [-0.39, 0.29) is 0 Å². The molecule has 0 spiro atoms. The van der Waals surface area contributed by atoms with Crippen molar-refractivity contribution < 1.29 is 0 Å². The summed E-state index contributed by atoms with van der Waals surface area (Å²) in [5.74, 6) is 0. The van der Waals surface area contributed by atoms with Crippen LogP contribution in [0.15, 0.2) is 6.20 Å². The van der Waals surface area contributed by atoms with Crippen LogP contribution in [0.3, 0.4) is 0 Å². The Bertz CT molecular complexity index is 407. The number of hydrogen-bond donors (Lipinski definition) is 1. The van der Waals surface area contributed by atoms with E-state index in [1.807, 2.05) is 13.8 Å². The first-order valence-electron chi connectivity index (χ1n) is 4.20. The largest absolute Gasteiger partial charge is 0.369 e. The van der Waals surface area contributed by atoms with Crippen molar-refractivity contribution >= 4 is 27.9 Å². The van der Waals surface area contributed by atoms with Gasteiger partial charge in [-0.3, -0.25) is 0 Å². The van der Waals surface area contributed by atoms with Crippen molar-refractivity contribution in [1.82, 2.24) is 14.6 Å². The topological polar surface area (TPSA) is 50.7 Å². The van der Waals surface area contributed by atoms with E-state index in [1.54, 1.807) is 17.5 Å². The van der Waals surface area contributed by atoms with Crippen molar-refractivity contribution in [3.8, 4) is 0 Å². The van der Waals surface area contributed by atoms with E-state index < -0.39 is 0 Å². The van der Waals surface area contributed by atoms with Crippen LogP contribution in [-0.2, 0) is 6.54 Å². The molecule has 1 N–H and O–H groups in total. The van der Waals surface area contributed by atoms with Gasteiger partial charge in [0.05, 0.1) is 23.4 Å². The van der Waals surface area contributed by atoms with Crippen LogP contribution in [0.5, 0.6) is 0 Å². The number of rotatable bonds is 3. The summed E-state index contributed by atoms with van der Waals surface area (Å²) >= 11 is 3.09. The highest BCUT2D eigenvalue weighted by atomic mass is 32.1.